The van der Waals surface area contributed by atoms with Crippen LogP contribution in [0.3, 0.4) is 0 Å². The second-order valence-corrected chi connectivity index (χ2v) is 15.6. The van der Waals surface area contributed by atoms with Crippen LogP contribution < -0.4 is 19.5 Å². The molecule has 2 heterocycles. The molecule has 7 rings (SSSR count). The van der Waals surface area contributed by atoms with Crippen LogP contribution in [0.25, 0.3) is 11.1 Å². The molecule has 0 bridgehead atoms. The lowest BCUT2D eigenvalue weighted by Crippen LogP contribution is -2.63. The summed E-state index contributed by atoms with van der Waals surface area (Å²) in [5, 5.41) is 41.8. The van der Waals surface area contributed by atoms with Gasteiger partial charge in [0.2, 0.25) is 0 Å². The van der Waals surface area contributed by atoms with Crippen molar-refractivity contribution in [2.75, 3.05) is 26.2 Å². The zero-order valence-electron chi connectivity index (χ0n) is 31.1. The molecule has 3 aliphatic rings. The summed E-state index contributed by atoms with van der Waals surface area (Å²) >= 11 is 6.83. The third-order valence-electron chi connectivity index (χ3n) is 11.1. The van der Waals surface area contributed by atoms with E-state index in [0.29, 0.717) is 45.2 Å². The first-order chi connectivity index (χ1) is 26.5. The largest absolute Gasteiger partial charge is 0.493 e. The number of aliphatic hydroxyl groups excluding tert-OH is 2. The molecule has 3 aromatic carbocycles. The molecule has 3 atom stereocenters. The molecule has 11 nitrogen and oxygen atoms in total. The lowest BCUT2D eigenvalue weighted by Gasteiger charge is -2.58. The third-order valence-corrected chi connectivity index (χ3v) is 11.4. The highest BCUT2D eigenvalue weighted by Crippen LogP contribution is 2.48. The first kappa shape index (κ1) is 38.6. The van der Waals surface area contributed by atoms with Crippen LogP contribution in [0.15, 0.2) is 67.0 Å². The lowest BCUT2D eigenvalue weighted by molar-refractivity contribution is -0.142. The smallest absolute Gasteiger partial charge is 0.323 e. The van der Waals surface area contributed by atoms with Crippen LogP contribution in [0.4, 0.5) is 0 Å². The minimum Gasteiger partial charge on any atom is -0.493 e. The molecule has 0 radical (unpaired) electrons. The number of hydrogen-bond acceptors (Lipinski definition) is 10. The molecule has 1 aliphatic heterocycles. The van der Waals surface area contributed by atoms with Gasteiger partial charge >= 0.3 is 5.97 Å². The van der Waals surface area contributed by atoms with Crippen LogP contribution in [0.1, 0.15) is 72.1 Å². The first-order valence-corrected chi connectivity index (χ1v) is 19.3. The van der Waals surface area contributed by atoms with Gasteiger partial charge in [-0.25, -0.2) is 0 Å². The number of carbonyl (C=O) groups is 1. The molecule has 2 fully saturated rings. The predicted molar refractivity (Wildman–Crippen MR) is 207 cm³/mol. The number of likely N-dealkylation sites (tertiary alicyclic amines) is 1. The summed E-state index contributed by atoms with van der Waals surface area (Å²) in [5.41, 5.74) is 7.70. The number of aliphatic hydroxyl groups is 2. The number of benzene rings is 3. The number of nitrogens with zero attached hydrogens (tertiary/aromatic N) is 3. The van der Waals surface area contributed by atoms with Gasteiger partial charge in [-0.2, -0.15) is 5.26 Å². The maximum Gasteiger partial charge on any atom is 0.323 e. The van der Waals surface area contributed by atoms with Crippen molar-refractivity contribution in [1.29, 1.82) is 5.26 Å². The number of nitrogens with one attached hydrogen (secondary N) is 1. The number of fused-ring (bicyclic) bond motifs is 1. The molecule has 0 amide bonds. The van der Waals surface area contributed by atoms with E-state index in [1.807, 2.05) is 12.1 Å². The van der Waals surface area contributed by atoms with Gasteiger partial charge < -0.3 is 34.4 Å². The van der Waals surface area contributed by atoms with Gasteiger partial charge in [-0.15, -0.1) is 0 Å². The quantitative estimate of drug-likeness (QED) is 0.0939. The van der Waals surface area contributed by atoms with Crippen LogP contribution >= 0.6 is 11.6 Å². The Morgan fingerprint density at radius 2 is 1.87 bits per heavy atom. The van der Waals surface area contributed by atoms with Crippen molar-refractivity contribution >= 4 is 17.6 Å². The number of rotatable bonds is 16. The Labute approximate surface area is 326 Å². The molecular weight excluding hydrogens is 720 g/mol. The number of pyridine rings is 1. The van der Waals surface area contributed by atoms with Crippen molar-refractivity contribution < 1.29 is 34.3 Å². The monoisotopic (exact) mass is 766 g/mol. The van der Waals surface area contributed by atoms with E-state index in [-0.39, 0.29) is 25.4 Å². The first-order valence-electron chi connectivity index (χ1n) is 18.9. The van der Waals surface area contributed by atoms with Crippen LogP contribution in [0.2, 0.25) is 5.02 Å². The summed E-state index contributed by atoms with van der Waals surface area (Å²) in [4.78, 5) is 18.3. The van der Waals surface area contributed by atoms with Crippen molar-refractivity contribution in [1.82, 2.24) is 15.2 Å². The van der Waals surface area contributed by atoms with Crippen molar-refractivity contribution in [3.05, 3.63) is 105 Å². The van der Waals surface area contributed by atoms with Crippen molar-refractivity contribution in [3.8, 4) is 34.4 Å². The normalized spacial score (nSPS) is 18.4. The molecule has 288 valence electrons. The molecule has 4 aromatic rings. The Morgan fingerprint density at radius 3 is 2.62 bits per heavy atom. The number of ether oxygens (including phenoxy) is 3. The van der Waals surface area contributed by atoms with E-state index in [1.165, 1.54) is 18.7 Å². The Kier molecular flexibility index (Phi) is 11.6. The van der Waals surface area contributed by atoms with Crippen LogP contribution in [-0.4, -0.2) is 75.7 Å². The van der Waals surface area contributed by atoms with Crippen LogP contribution in [-0.2, 0) is 24.4 Å². The average Bonchev–Trinajstić information content (AvgIpc) is 3.55. The highest BCUT2D eigenvalue weighted by molar-refractivity contribution is 6.32. The maximum absolute atomic E-state index is 11.8. The highest BCUT2D eigenvalue weighted by Gasteiger charge is 2.51. The second-order valence-electron chi connectivity index (χ2n) is 15.2. The molecule has 0 unspecified atom stereocenters. The number of hydrogen-bond donors (Lipinski definition) is 4. The summed E-state index contributed by atoms with van der Waals surface area (Å²) in [7, 11) is 0. The van der Waals surface area contributed by atoms with Gasteiger partial charge in [0, 0.05) is 61.2 Å². The number of nitriles is 1. The van der Waals surface area contributed by atoms with E-state index in [2.05, 4.69) is 52.5 Å². The number of carboxylic acids is 1. The number of aliphatic carboxylic acids is 1. The fourth-order valence-electron chi connectivity index (χ4n) is 8.35. The molecule has 2 aliphatic carbocycles. The Balaban J connectivity index is 1.05. The summed E-state index contributed by atoms with van der Waals surface area (Å²) in [6.45, 7) is 7.49. The zero-order valence-corrected chi connectivity index (χ0v) is 31.9. The molecule has 4 N–H and O–H groups in total. The van der Waals surface area contributed by atoms with E-state index in [9.17, 15) is 25.4 Å². The highest BCUT2D eigenvalue weighted by atomic mass is 35.5. The number of halogens is 1. The zero-order chi connectivity index (χ0) is 38.7. The van der Waals surface area contributed by atoms with Gasteiger partial charge in [-0.3, -0.25) is 15.1 Å². The molecule has 1 aromatic heterocycles. The van der Waals surface area contributed by atoms with E-state index in [0.717, 1.165) is 79.7 Å². The molecule has 1 saturated heterocycles. The lowest BCUT2D eigenvalue weighted by atomic mass is 9.62. The fourth-order valence-corrected chi connectivity index (χ4v) is 8.58. The van der Waals surface area contributed by atoms with Crippen molar-refractivity contribution in [2.45, 2.75) is 83.5 Å². The van der Waals surface area contributed by atoms with E-state index >= 15 is 0 Å². The standard InChI is InChI=1S/C43H47ClN4O7/c1-26-32(6-4-9-37(26)53-13-5-12-48-24-43(25-48)17-31(50)18-43)33-7-3-8-35-34(33)10-11-38(35)55-40-16-39(54-23-29-14-28(19-45)20-46-21-29)30(15-36(40)44)22-47-41(27(2)49)42(51)52/h3-4,6-9,14-16,20-21,27,31,38,41,47,49-50H,5,10-13,17-18,22-25H2,1-2H3,(H,51,52)/t27-,38+,41+/m1/s1. The van der Waals surface area contributed by atoms with E-state index in [4.69, 9.17) is 25.8 Å². The molecule has 1 spiro atoms. The minimum atomic E-state index is -1.20. The molecule has 1 saturated carbocycles. The number of carboxylic acid groups (broad SMARTS) is 1. The summed E-state index contributed by atoms with van der Waals surface area (Å²) in [5.74, 6) is 0.535. The Bertz CT molecular complexity index is 2070. The van der Waals surface area contributed by atoms with Gasteiger partial charge in [-0.1, -0.05) is 41.9 Å². The van der Waals surface area contributed by atoms with Gasteiger partial charge in [-0.05, 0) is 92.0 Å². The van der Waals surface area contributed by atoms with Gasteiger partial charge in [0.25, 0.3) is 0 Å². The third kappa shape index (κ3) is 8.59. The SMILES string of the molecule is Cc1c(OCCCN2CC3(CC(O)C3)C2)cccc1-c1cccc2c1CC[C@@H]2Oc1cc(OCc2cncc(C#N)c2)c(CN[C@H](C(=O)O)[C@@H](C)O)cc1Cl. The average molecular weight is 767 g/mol. The summed E-state index contributed by atoms with van der Waals surface area (Å²) in [6.07, 6.45) is 5.98. The predicted octanol–water partition coefficient (Wildman–Crippen LogP) is 6.38. The Morgan fingerprint density at radius 1 is 1.09 bits per heavy atom. The van der Waals surface area contributed by atoms with Crippen LogP contribution in [0, 0.1) is 23.7 Å². The fraction of sp³-hybridized carbons (Fsp3) is 0.419. The van der Waals surface area contributed by atoms with Crippen LogP contribution in [0.5, 0.6) is 17.2 Å². The van der Waals surface area contributed by atoms with Gasteiger partial charge in [0.15, 0.2) is 0 Å². The van der Waals surface area contributed by atoms with Gasteiger partial charge in [0.1, 0.15) is 42.1 Å². The second kappa shape index (κ2) is 16.6. The minimum absolute atomic E-state index is 0.0519. The number of aromatic nitrogens is 1. The molecular formula is C43H47ClN4O7. The maximum atomic E-state index is 11.8. The van der Waals surface area contributed by atoms with E-state index in [1.54, 1.807) is 24.4 Å². The summed E-state index contributed by atoms with van der Waals surface area (Å²) < 4.78 is 19.2. The Hall–Kier alpha value is -4.70. The topological polar surface area (TPSA) is 157 Å². The van der Waals surface area contributed by atoms with Gasteiger partial charge in [0.05, 0.1) is 29.4 Å². The van der Waals surface area contributed by atoms with Crippen molar-refractivity contribution in [2.24, 2.45) is 5.41 Å². The molecule has 55 heavy (non-hydrogen) atoms. The van der Waals surface area contributed by atoms with E-state index < -0.39 is 18.1 Å². The summed E-state index contributed by atoms with van der Waals surface area (Å²) in [6, 6.07) is 18.5. The molecule has 12 heteroatoms. The van der Waals surface area contributed by atoms with Crippen molar-refractivity contribution in [3.63, 3.8) is 0 Å².